The van der Waals surface area contributed by atoms with Crippen molar-refractivity contribution in [2.45, 2.75) is 43.1 Å². The Balaban J connectivity index is 2.76. The van der Waals surface area contributed by atoms with Gasteiger partial charge in [-0.05, 0) is 0 Å². The summed E-state index contributed by atoms with van der Waals surface area (Å²) in [5.41, 5.74) is 16.0. The topological polar surface area (TPSA) is 189 Å². The lowest BCUT2D eigenvalue weighted by molar-refractivity contribution is -0.316. The van der Waals surface area contributed by atoms with Crippen LogP contribution < -0.4 is 22.5 Å². The van der Waals surface area contributed by atoms with Gasteiger partial charge in [-0.3, -0.25) is 5.73 Å². The molecule has 0 amide bonds. The van der Waals surface area contributed by atoms with Gasteiger partial charge in [0.15, 0.2) is 6.29 Å². The summed E-state index contributed by atoms with van der Waals surface area (Å²) in [6, 6.07) is -1.10. The van der Waals surface area contributed by atoms with Gasteiger partial charge in [0.1, 0.15) is 18.3 Å². The van der Waals surface area contributed by atoms with E-state index in [1.807, 2.05) is 0 Å². The Hall–Kier alpha value is -0.400. The van der Waals surface area contributed by atoms with Gasteiger partial charge < -0.3 is 46.7 Å². The van der Waals surface area contributed by atoms with Crippen LogP contribution in [0.25, 0.3) is 0 Å². The van der Waals surface area contributed by atoms with Crippen LogP contribution in [-0.4, -0.2) is 83.2 Å². The van der Waals surface area contributed by atoms with Crippen LogP contribution in [0.15, 0.2) is 0 Å². The highest BCUT2D eigenvalue weighted by Crippen LogP contribution is 2.22. The van der Waals surface area contributed by atoms with E-state index in [1.54, 1.807) is 0 Å². The van der Waals surface area contributed by atoms with Gasteiger partial charge in [-0.2, -0.15) is 0 Å². The van der Waals surface area contributed by atoms with E-state index >= 15 is 0 Å². The number of nitrogens with two attached hydrogens (primary N) is 3. The summed E-state index contributed by atoms with van der Waals surface area (Å²) in [4.78, 5) is 0. The Bertz CT molecular complexity index is 278. The fourth-order valence-corrected chi connectivity index (χ4v) is 2.05. The molecule has 0 aromatic carbocycles. The minimum absolute atomic E-state index is 0.218. The molecule has 0 bridgehead atoms. The summed E-state index contributed by atoms with van der Waals surface area (Å²) in [5, 5.41) is 41.1. The SMILES string of the molecule is NCC(CN)N[C@@H]1C(CO)O[C@H](OC(N)O)C(O)C1O. The molecule has 0 saturated carbocycles. The molecule has 1 fully saturated rings. The zero-order chi connectivity index (χ0) is 15.3. The number of hydrogen-bond acceptors (Lipinski definition) is 10. The predicted molar refractivity (Wildman–Crippen MR) is 67.9 cm³/mol. The maximum absolute atomic E-state index is 10.1. The zero-order valence-electron chi connectivity index (χ0n) is 11.0. The van der Waals surface area contributed by atoms with Crippen molar-refractivity contribution < 1.29 is 29.9 Å². The Morgan fingerprint density at radius 2 is 1.80 bits per heavy atom. The molecule has 0 aliphatic carbocycles. The molecule has 0 aromatic rings. The summed E-state index contributed by atoms with van der Waals surface area (Å²) >= 11 is 0. The van der Waals surface area contributed by atoms with Gasteiger partial charge in [0, 0.05) is 19.1 Å². The van der Waals surface area contributed by atoms with Crippen molar-refractivity contribution in [3.63, 3.8) is 0 Å². The molecule has 1 aliphatic heterocycles. The van der Waals surface area contributed by atoms with E-state index in [-0.39, 0.29) is 19.1 Å². The minimum Gasteiger partial charge on any atom is -0.394 e. The molecule has 10 heteroatoms. The molecule has 20 heavy (non-hydrogen) atoms. The van der Waals surface area contributed by atoms with Crippen molar-refractivity contribution in [3.8, 4) is 0 Å². The van der Waals surface area contributed by atoms with Crippen molar-refractivity contribution in [3.05, 3.63) is 0 Å². The van der Waals surface area contributed by atoms with Crippen LogP contribution in [0, 0.1) is 0 Å². The molecule has 120 valence electrons. The predicted octanol–water partition coefficient (Wildman–Crippen LogP) is -5.08. The normalized spacial score (nSPS) is 36.3. The number of nitrogens with one attached hydrogen (secondary N) is 1. The van der Waals surface area contributed by atoms with Crippen LogP contribution in [-0.2, 0) is 9.47 Å². The van der Waals surface area contributed by atoms with Gasteiger partial charge in [-0.15, -0.1) is 0 Å². The van der Waals surface area contributed by atoms with Gasteiger partial charge in [0.05, 0.1) is 12.6 Å². The lowest BCUT2D eigenvalue weighted by atomic mass is 9.95. The Labute approximate surface area is 116 Å². The van der Waals surface area contributed by atoms with Crippen molar-refractivity contribution in [2.75, 3.05) is 19.7 Å². The zero-order valence-corrected chi connectivity index (χ0v) is 11.0. The minimum atomic E-state index is -1.67. The van der Waals surface area contributed by atoms with Gasteiger partial charge >= 0.3 is 0 Å². The summed E-state index contributed by atoms with van der Waals surface area (Å²) in [5.74, 6) is 0. The molecule has 1 saturated heterocycles. The average molecular weight is 296 g/mol. The van der Waals surface area contributed by atoms with Crippen LogP contribution in [0.4, 0.5) is 0 Å². The van der Waals surface area contributed by atoms with E-state index in [4.69, 9.17) is 31.8 Å². The van der Waals surface area contributed by atoms with Crippen LogP contribution >= 0.6 is 0 Å². The number of aliphatic hydroxyl groups excluding tert-OH is 4. The van der Waals surface area contributed by atoms with Crippen LogP contribution in [0.3, 0.4) is 0 Å². The molecule has 6 atom stereocenters. The second-order valence-electron chi connectivity index (χ2n) is 4.59. The second kappa shape index (κ2) is 8.14. The fourth-order valence-electron chi connectivity index (χ4n) is 2.05. The van der Waals surface area contributed by atoms with E-state index in [9.17, 15) is 15.3 Å². The number of rotatable bonds is 7. The molecular weight excluding hydrogens is 272 g/mol. The first-order chi connectivity index (χ1) is 9.44. The third kappa shape index (κ3) is 4.30. The number of aliphatic hydroxyl groups is 4. The molecule has 10 nitrogen and oxygen atoms in total. The maximum Gasteiger partial charge on any atom is 0.213 e. The second-order valence-corrected chi connectivity index (χ2v) is 4.59. The van der Waals surface area contributed by atoms with Gasteiger partial charge in [-0.1, -0.05) is 0 Å². The van der Waals surface area contributed by atoms with Crippen LogP contribution in [0.1, 0.15) is 0 Å². The summed E-state index contributed by atoms with van der Waals surface area (Å²) in [7, 11) is 0. The Morgan fingerprint density at radius 3 is 2.25 bits per heavy atom. The van der Waals surface area contributed by atoms with Crippen molar-refractivity contribution in [1.82, 2.24) is 5.32 Å². The standard InChI is InChI=1S/C10H24N4O6/c11-1-4(2-12)14-6-5(3-15)19-9(20-10(13)18)8(17)7(6)16/h4-10,14-18H,1-3,11-13H2/t5?,6-,7?,8?,9-,10?/m1/s1. The van der Waals surface area contributed by atoms with E-state index in [2.05, 4.69) is 5.32 Å². The molecular formula is C10H24N4O6. The van der Waals surface area contributed by atoms with Crippen LogP contribution in [0.2, 0.25) is 0 Å². The molecule has 1 heterocycles. The first-order valence-corrected chi connectivity index (χ1v) is 6.32. The number of ether oxygens (including phenoxy) is 2. The highest BCUT2D eigenvalue weighted by atomic mass is 16.7. The third-order valence-corrected chi connectivity index (χ3v) is 3.16. The Kier molecular flexibility index (Phi) is 7.19. The monoisotopic (exact) mass is 296 g/mol. The van der Waals surface area contributed by atoms with Crippen molar-refractivity contribution in [2.24, 2.45) is 17.2 Å². The van der Waals surface area contributed by atoms with E-state index in [0.717, 1.165) is 0 Å². The van der Waals surface area contributed by atoms with E-state index in [1.165, 1.54) is 0 Å². The first-order valence-electron chi connectivity index (χ1n) is 6.32. The lowest BCUT2D eigenvalue weighted by Gasteiger charge is -2.43. The third-order valence-electron chi connectivity index (χ3n) is 3.16. The maximum atomic E-state index is 10.1. The summed E-state index contributed by atoms with van der Waals surface area (Å²) in [6.45, 7) is -0.00531. The quantitative estimate of drug-likeness (QED) is 0.211. The van der Waals surface area contributed by atoms with E-state index < -0.39 is 43.7 Å². The highest BCUT2D eigenvalue weighted by molar-refractivity contribution is 4.95. The fraction of sp³-hybridized carbons (Fsp3) is 1.00. The van der Waals surface area contributed by atoms with Gasteiger partial charge in [0.25, 0.3) is 0 Å². The average Bonchev–Trinajstić information content (AvgIpc) is 2.42. The molecule has 1 rings (SSSR count). The number of hydrogen-bond donors (Lipinski definition) is 8. The van der Waals surface area contributed by atoms with Crippen molar-refractivity contribution >= 4 is 0 Å². The molecule has 1 aliphatic rings. The largest absolute Gasteiger partial charge is 0.394 e. The van der Waals surface area contributed by atoms with Crippen LogP contribution in [0.5, 0.6) is 0 Å². The molecule has 0 spiro atoms. The van der Waals surface area contributed by atoms with E-state index in [0.29, 0.717) is 0 Å². The van der Waals surface area contributed by atoms with Gasteiger partial charge in [-0.25, -0.2) is 0 Å². The molecule has 0 radical (unpaired) electrons. The molecule has 0 aromatic heterocycles. The Morgan fingerprint density at radius 1 is 1.20 bits per heavy atom. The summed E-state index contributed by atoms with van der Waals surface area (Å²) < 4.78 is 9.99. The summed E-state index contributed by atoms with van der Waals surface area (Å²) in [6.07, 6.45) is -6.67. The smallest absolute Gasteiger partial charge is 0.213 e. The van der Waals surface area contributed by atoms with Crippen molar-refractivity contribution in [1.29, 1.82) is 0 Å². The highest BCUT2D eigenvalue weighted by Gasteiger charge is 2.45. The first kappa shape index (κ1) is 17.7. The molecule has 11 N–H and O–H groups in total. The van der Waals surface area contributed by atoms with Gasteiger partial charge in [0.2, 0.25) is 6.41 Å². The molecule has 4 unspecified atom stereocenters. The lowest BCUT2D eigenvalue weighted by Crippen LogP contribution is -2.67.